The summed E-state index contributed by atoms with van der Waals surface area (Å²) in [6.07, 6.45) is -0.843. The quantitative estimate of drug-likeness (QED) is 0.689. The number of nitrogens with zero attached hydrogens (tertiary/aromatic N) is 2. The van der Waals surface area contributed by atoms with Crippen LogP contribution in [0.4, 0.5) is 10.1 Å². The Morgan fingerprint density at radius 1 is 1.33 bits per heavy atom. The lowest BCUT2D eigenvalue weighted by molar-refractivity contribution is 0.179. The van der Waals surface area contributed by atoms with Crippen molar-refractivity contribution in [2.45, 2.75) is 32.2 Å². The summed E-state index contributed by atoms with van der Waals surface area (Å²) in [5, 5.41) is 19.2. The molecule has 1 aromatic carbocycles. The number of anilines is 1. The number of aliphatic hydroxyl groups is 1. The van der Waals surface area contributed by atoms with Crippen molar-refractivity contribution in [3.8, 4) is 17.5 Å². The van der Waals surface area contributed by atoms with E-state index in [1.165, 1.54) is 6.07 Å². The van der Waals surface area contributed by atoms with Crippen LogP contribution >= 0.6 is 0 Å². The van der Waals surface area contributed by atoms with Crippen LogP contribution in [0, 0.1) is 28.6 Å². The summed E-state index contributed by atoms with van der Waals surface area (Å²) in [7, 11) is 1.98. The van der Waals surface area contributed by atoms with Crippen molar-refractivity contribution < 1.29 is 9.50 Å². The van der Waals surface area contributed by atoms with Crippen LogP contribution in [0.1, 0.15) is 23.7 Å². The summed E-state index contributed by atoms with van der Waals surface area (Å²) < 4.78 is 14.4. The van der Waals surface area contributed by atoms with Crippen LogP contribution in [0.15, 0.2) is 12.1 Å². The van der Waals surface area contributed by atoms with Crippen LogP contribution in [0.5, 0.6) is 0 Å². The fourth-order valence-electron chi connectivity index (χ4n) is 1.84. The van der Waals surface area contributed by atoms with E-state index in [0.717, 1.165) is 0 Å². The highest BCUT2D eigenvalue weighted by Gasteiger charge is 2.19. The van der Waals surface area contributed by atoms with E-state index in [1.54, 1.807) is 25.1 Å². The van der Waals surface area contributed by atoms with E-state index in [0.29, 0.717) is 5.69 Å². The average Bonchev–Trinajstić information content (AvgIpc) is 2.36. The zero-order valence-electron chi connectivity index (χ0n) is 13.2. The van der Waals surface area contributed by atoms with Crippen LogP contribution in [0.2, 0.25) is 19.6 Å². The molecule has 0 bridgehead atoms. The molecule has 0 aliphatic heterocycles. The molecule has 0 aliphatic rings. The molecule has 0 saturated carbocycles. The standard InChI is InChI=1S/C16H21FN2OSi/c1-19(2)14-9-8-12(16(17)13(14)11-18)15(20)7-6-10-21(3,4)5/h8-9,15,20H,7H2,1-5H3/t15-/m0/s1. The van der Waals surface area contributed by atoms with Crippen molar-refractivity contribution in [1.29, 1.82) is 5.26 Å². The fourth-order valence-corrected chi connectivity index (χ4v) is 2.47. The fraction of sp³-hybridized carbons (Fsp3) is 0.438. The van der Waals surface area contributed by atoms with E-state index in [9.17, 15) is 9.50 Å². The molecule has 0 aromatic heterocycles. The molecule has 0 unspecified atom stereocenters. The van der Waals surface area contributed by atoms with Crippen LogP contribution in [-0.4, -0.2) is 27.3 Å². The third-order valence-electron chi connectivity index (χ3n) is 2.86. The van der Waals surface area contributed by atoms with Crippen molar-refractivity contribution >= 4 is 13.8 Å². The van der Waals surface area contributed by atoms with E-state index in [2.05, 4.69) is 31.1 Å². The van der Waals surface area contributed by atoms with Crippen molar-refractivity contribution in [2.75, 3.05) is 19.0 Å². The monoisotopic (exact) mass is 304 g/mol. The number of halogens is 1. The van der Waals surface area contributed by atoms with Crippen LogP contribution in [0.3, 0.4) is 0 Å². The zero-order valence-corrected chi connectivity index (χ0v) is 14.2. The summed E-state index contributed by atoms with van der Waals surface area (Å²) in [5.41, 5.74) is 3.71. The van der Waals surface area contributed by atoms with Gasteiger partial charge in [0, 0.05) is 26.1 Å². The van der Waals surface area contributed by atoms with Gasteiger partial charge in [-0.1, -0.05) is 25.7 Å². The smallest absolute Gasteiger partial charge is 0.148 e. The SMILES string of the molecule is CN(C)c1ccc([C@@H](O)CC#C[Si](C)(C)C)c(F)c1C#N. The van der Waals surface area contributed by atoms with Gasteiger partial charge < -0.3 is 10.0 Å². The number of aliphatic hydroxyl groups excluding tert-OH is 1. The predicted molar refractivity (Wildman–Crippen MR) is 86.1 cm³/mol. The van der Waals surface area contributed by atoms with E-state index in [-0.39, 0.29) is 17.5 Å². The van der Waals surface area contributed by atoms with Gasteiger partial charge in [0.15, 0.2) is 0 Å². The molecule has 0 saturated heterocycles. The van der Waals surface area contributed by atoms with E-state index >= 15 is 0 Å². The van der Waals surface area contributed by atoms with Crippen LogP contribution in [-0.2, 0) is 0 Å². The average molecular weight is 304 g/mol. The minimum atomic E-state index is -1.51. The second-order valence-electron chi connectivity index (χ2n) is 6.14. The Morgan fingerprint density at radius 2 is 1.95 bits per heavy atom. The molecule has 0 amide bonds. The maximum absolute atomic E-state index is 14.4. The molecule has 21 heavy (non-hydrogen) atoms. The molecular weight excluding hydrogens is 283 g/mol. The van der Waals surface area contributed by atoms with Gasteiger partial charge in [-0.25, -0.2) is 4.39 Å². The summed E-state index contributed by atoms with van der Waals surface area (Å²) in [4.78, 5) is 1.67. The molecule has 112 valence electrons. The van der Waals surface area contributed by atoms with Gasteiger partial charge in [-0.15, -0.1) is 11.5 Å². The third kappa shape index (κ3) is 4.59. The maximum atomic E-state index is 14.4. The lowest BCUT2D eigenvalue weighted by atomic mass is 10.0. The van der Waals surface area contributed by atoms with E-state index in [4.69, 9.17) is 5.26 Å². The topological polar surface area (TPSA) is 47.3 Å². The molecule has 1 atom stereocenters. The number of nitriles is 1. The van der Waals surface area contributed by atoms with Gasteiger partial charge >= 0.3 is 0 Å². The van der Waals surface area contributed by atoms with Crippen LogP contribution < -0.4 is 4.90 Å². The number of rotatable bonds is 3. The number of hydrogen-bond acceptors (Lipinski definition) is 3. The molecule has 0 fully saturated rings. The van der Waals surface area contributed by atoms with Crippen molar-refractivity contribution in [1.82, 2.24) is 0 Å². The Bertz CT molecular complexity index is 618. The van der Waals surface area contributed by atoms with Gasteiger partial charge in [0.2, 0.25) is 0 Å². The second kappa shape index (κ2) is 6.75. The Kier molecular flexibility index (Phi) is 5.54. The van der Waals surface area contributed by atoms with E-state index < -0.39 is 20.0 Å². The molecule has 1 aromatic rings. The highest BCUT2D eigenvalue weighted by Crippen LogP contribution is 2.28. The minimum Gasteiger partial charge on any atom is -0.387 e. The molecule has 1 rings (SSSR count). The van der Waals surface area contributed by atoms with Gasteiger partial charge in [0.05, 0.1) is 11.8 Å². The normalized spacial score (nSPS) is 12.1. The summed E-state index contributed by atoms with van der Waals surface area (Å²) in [6, 6.07) is 5.03. The van der Waals surface area contributed by atoms with E-state index in [1.807, 2.05) is 6.07 Å². The molecule has 3 nitrogen and oxygen atoms in total. The summed E-state index contributed by atoms with van der Waals surface area (Å²) in [6.45, 7) is 6.31. The van der Waals surface area contributed by atoms with Gasteiger partial charge in [0.25, 0.3) is 0 Å². The van der Waals surface area contributed by atoms with Crippen molar-refractivity contribution in [3.05, 3.63) is 29.1 Å². The van der Waals surface area contributed by atoms with Gasteiger partial charge in [-0.2, -0.15) is 5.26 Å². The molecule has 0 heterocycles. The highest BCUT2D eigenvalue weighted by molar-refractivity contribution is 6.83. The molecule has 0 spiro atoms. The van der Waals surface area contributed by atoms with Crippen LogP contribution in [0.25, 0.3) is 0 Å². The first-order valence-corrected chi connectivity index (χ1v) is 10.2. The molecule has 0 radical (unpaired) electrons. The first-order valence-electron chi connectivity index (χ1n) is 6.75. The maximum Gasteiger partial charge on any atom is 0.148 e. The minimum absolute atomic E-state index is 0.0466. The Balaban J connectivity index is 3.09. The Hall–Kier alpha value is -1.82. The second-order valence-corrected chi connectivity index (χ2v) is 10.9. The van der Waals surface area contributed by atoms with Gasteiger partial charge in [-0.05, 0) is 6.07 Å². The summed E-state index contributed by atoms with van der Waals surface area (Å²) >= 11 is 0. The third-order valence-corrected chi connectivity index (χ3v) is 3.79. The molecular formula is C16H21FN2OSi. The predicted octanol–water partition coefficient (Wildman–Crippen LogP) is 3.07. The summed E-state index contributed by atoms with van der Waals surface area (Å²) in [5.74, 6) is 2.27. The largest absolute Gasteiger partial charge is 0.387 e. The van der Waals surface area contributed by atoms with Crippen molar-refractivity contribution in [2.24, 2.45) is 0 Å². The molecule has 5 heteroatoms. The van der Waals surface area contributed by atoms with Gasteiger partial charge in [0.1, 0.15) is 25.5 Å². The Morgan fingerprint density at radius 3 is 2.43 bits per heavy atom. The lowest BCUT2D eigenvalue weighted by Crippen LogP contribution is -2.16. The molecule has 1 N–H and O–H groups in total. The number of hydrogen-bond donors (Lipinski definition) is 1. The Labute approximate surface area is 127 Å². The highest BCUT2D eigenvalue weighted by atomic mass is 28.3. The number of benzene rings is 1. The first-order chi connectivity index (χ1) is 9.67. The van der Waals surface area contributed by atoms with Crippen molar-refractivity contribution in [3.63, 3.8) is 0 Å². The van der Waals surface area contributed by atoms with Gasteiger partial charge in [-0.3, -0.25) is 0 Å². The first kappa shape index (κ1) is 17.2. The molecule has 0 aliphatic carbocycles. The lowest BCUT2D eigenvalue weighted by Gasteiger charge is -2.17. The zero-order chi connectivity index (χ0) is 16.2.